The molecule has 0 spiro atoms. The van der Waals surface area contributed by atoms with Crippen molar-refractivity contribution in [1.29, 1.82) is 0 Å². The second kappa shape index (κ2) is 5.52. The SMILES string of the molecule is COc1c2ccc(C(=O)N3C4CCC3c3cncnc3C4)cc2nn1C. The lowest BCUT2D eigenvalue weighted by molar-refractivity contribution is 0.0644. The van der Waals surface area contributed by atoms with Crippen LogP contribution in [0.4, 0.5) is 0 Å². The minimum absolute atomic E-state index is 0.0542. The van der Waals surface area contributed by atoms with E-state index >= 15 is 0 Å². The Morgan fingerprint density at radius 3 is 3.04 bits per heavy atom. The summed E-state index contributed by atoms with van der Waals surface area (Å²) in [5, 5.41) is 5.37. The van der Waals surface area contributed by atoms with E-state index in [0.29, 0.717) is 11.4 Å². The number of methoxy groups -OCH3 is 1. The van der Waals surface area contributed by atoms with E-state index in [1.165, 1.54) is 0 Å². The van der Waals surface area contributed by atoms with Gasteiger partial charge in [-0.05, 0) is 31.0 Å². The molecule has 132 valence electrons. The first-order valence-corrected chi connectivity index (χ1v) is 8.79. The molecule has 0 radical (unpaired) electrons. The number of amides is 1. The number of benzene rings is 1. The van der Waals surface area contributed by atoms with Crippen LogP contribution in [0.3, 0.4) is 0 Å². The normalized spacial score (nSPS) is 21.1. The number of aromatic nitrogens is 4. The zero-order valence-corrected chi connectivity index (χ0v) is 14.7. The van der Waals surface area contributed by atoms with Crippen molar-refractivity contribution >= 4 is 16.8 Å². The molecule has 0 saturated carbocycles. The number of rotatable bonds is 2. The van der Waals surface area contributed by atoms with E-state index in [2.05, 4.69) is 15.1 Å². The number of hydrogen-bond acceptors (Lipinski definition) is 5. The van der Waals surface area contributed by atoms with Crippen LogP contribution in [-0.2, 0) is 13.5 Å². The van der Waals surface area contributed by atoms with Gasteiger partial charge in [0.05, 0.1) is 29.7 Å². The lowest BCUT2D eigenvalue weighted by atomic mass is 9.98. The van der Waals surface area contributed by atoms with Crippen LogP contribution in [0, 0.1) is 0 Å². The van der Waals surface area contributed by atoms with E-state index in [1.54, 1.807) is 18.1 Å². The molecule has 2 aliphatic heterocycles. The second-order valence-electron chi connectivity index (χ2n) is 6.95. The molecule has 1 amide bonds. The Morgan fingerprint density at radius 2 is 2.19 bits per heavy atom. The Morgan fingerprint density at radius 1 is 1.31 bits per heavy atom. The fourth-order valence-corrected chi connectivity index (χ4v) is 4.43. The number of aryl methyl sites for hydroxylation is 1. The van der Waals surface area contributed by atoms with Crippen molar-refractivity contribution in [3.63, 3.8) is 0 Å². The van der Waals surface area contributed by atoms with Crippen molar-refractivity contribution < 1.29 is 9.53 Å². The lowest BCUT2D eigenvalue weighted by Crippen LogP contribution is -2.42. The number of fused-ring (bicyclic) bond motifs is 5. The van der Waals surface area contributed by atoms with Crippen LogP contribution >= 0.6 is 0 Å². The molecule has 2 unspecified atom stereocenters. The molecule has 7 heteroatoms. The predicted octanol–water partition coefficient (Wildman–Crippen LogP) is 2.27. The molecule has 26 heavy (non-hydrogen) atoms. The minimum atomic E-state index is 0.0542. The first kappa shape index (κ1) is 15.3. The summed E-state index contributed by atoms with van der Waals surface area (Å²) >= 11 is 0. The van der Waals surface area contributed by atoms with Crippen LogP contribution in [0.25, 0.3) is 10.9 Å². The topological polar surface area (TPSA) is 73.1 Å². The third-order valence-electron chi connectivity index (χ3n) is 5.57. The highest BCUT2D eigenvalue weighted by Gasteiger charge is 2.43. The number of carbonyl (C=O) groups is 1. The van der Waals surface area contributed by atoms with Crippen LogP contribution in [0.15, 0.2) is 30.7 Å². The third kappa shape index (κ3) is 2.06. The number of ether oxygens (including phenoxy) is 1. The molecule has 1 aromatic carbocycles. The maximum Gasteiger partial charge on any atom is 0.254 e. The van der Waals surface area contributed by atoms with Crippen molar-refractivity contribution in [1.82, 2.24) is 24.6 Å². The average Bonchev–Trinajstić information content (AvgIpc) is 3.15. The summed E-state index contributed by atoms with van der Waals surface area (Å²) in [5.41, 5.74) is 3.61. The summed E-state index contributed by atoms with van der Waals surface area (Å²) in [6, 6.07) is 5.93. The molecular weight excluding hydrogens is 330 g/mol. The molecule has 2 bridgehead atoms. The second-order valence-corrected chi connectivity index (χ2v) is 6.95. The standard InChI is InChI=1S/C19H19N5O2/c1-23-19(26-2)13-5-3-11(7-16(13)22-23)18(25)24-12-4-6-17(24)14-9-20-10-21-15(14)8-12/h3,5,7,9-10,12,17H,4,6,8H2,1-2H3. The Labute approximate surface area is 150 Å². The Hall–Kier alpha value is -2.96. The highest BCUT2D eigenvalue weighted by Crippen LogP contribution is 2.43. The fraction of sp³-hybridized carbons (Fsp3) is 0.368. The molecule has 2 aliphatic rings. The molecule has 5 rings (SSSR count). The third-order valence-corrected chi connectivity index (χ3v) is 5.57. The quantitative estimate of drug-likeness (QED) is 0.710. The van der Waals surface area contributed by atoms with Crippen molar-refractivity contribution in [3.8, 4) is 5.88 Å². The van der Waals surface area contributed by atoms with Crippen LogP contribution in [-0.4, -0.2) is 43.7 Å². The highest BCUT2D eigenvalue weighted by molar-refractivity contribution is 5.99. The van der Waals surface area contributed by atoms with Gasteiger partial charge in [0.1, 0.15) is 6.33 Å². The Kier molecular flexibility index (Phi) is 3.25. The molecule has 1 saturated heterocycles. The average molecular weight is 349 g/mol. The maximum absolute atomic E-state index is 13.3. The van der Waals surface area contributed by atoms with E-state index in [1.807, 2.05) is 36.3 Å². The van der Waals surface area contributed by atoms with Gasteiger partial charge in [0.25, 0.3) is 5.91 Å². The monoisotopic (exact) mass is 349 g/mol. The van der Waals surface area contributed by atoms with Gasteiger partial charge in [-0.1, -0.05) is 0 Å². The van der Waals surface area contributed by atoms with Gasteiger partial charge in [0.2, 0.25) is 5.88 Å². The highest BCUT2D eigenvalue weighted by atomic mass is 16.5. The fourth-order valence-electron chi connectivity index (χ4n) is 4.43. The summed E-state index contributed by atoms with van der Waals surface area (Å²) < 4.78 is 7.08. The molecule has 2 atom stereocenters. The molecule has 0 N–H and O–H groups in total. The maximum atomic E-state index is 13.3. The zero-order chi connectivity index (χ0) is 17.8. The number of hydrogen-bond donors (Lipinski definition) is 0. The van der Waals surface area contributed by atoms with Gasteiger partial charge in [-0.15, -0.1) is 0 Å². The number of carbonyl (C=O) groups excluding carboxylic acids is 1. The Balaban J connectivity index is 1.54. The summed E-state index contributed by atoms with van der Waals surface area (Å²) in [5.74, 6) is 0.752. The predicted molar refractivity (Wildman–Crippen MR) is 94.9 cm³/mol. The van der Waals surface area contributed by atoms with Crippen LogP contribution in [0.1, 0.15) is 40.5 Å². The van der Waals surface area contributed by atoms with E-state index in [-0.39, 0.29) is 18.0 Å². The zero-order valence-electron chi connectivity index (χ0n) is 14.7. The lowest BCUT2D eigenvalue weighted by Gasteiger charge is -2.35. The van der Waals surface area contributed by atoms with Gasteiger partial charge in [0, 0.05) is 36.8 Å². The molecule has 4 heterocycles. The van der Waals surface area contributed by atoms with Crippen molar-refractivity contribution in [3.05, 3.63) is 47.5 Å². The Bertz CT molecular complexity index is 1030. The van der Waals surface area contributed by atoms with Crippen LogP contribution in [0.2, 0.25) is 0 Å². The summed E-state index contributed by atoms with van der Waals surface area (Å²) in [6.45, 7) is 0. The summed E-state index contributed by atoms with van der Waals surface area (Å²) in [6.07, 6.45) is 6.24. The van der Waals surface area contributed by atoms with E-state index in [9.17, 15) is 4.79 Å². The van der Waals surface area contributed by atoms with Crippen molar-refractivity contribution in [2.45, 2.75) is 31.3 Å². The first-order chi connectivity index (χ1) is 12.7. The number of nitrogens with zero attached hydrogens (tertiary/aromatic N) is 5. The van der Waals surface area contributed by atoms with Crippen LogP contribution < -0.4 is 4.74 Å². The van der Waals surface area contributed by atoms with Gasteiger partial charge in [-0.3, -0.25) is 4.79 Å². The van der Waals surface area contributed by atoms with Gasteiger partial charge in [0.15, 0.2) is 0 Å². The van der Waals surface area contributed by atoms with Crippen molar-refractivity contribution in [2.75, 3.05) is 7.11 Å². The van der Waals surface area contributed by atoms with Crippen molar-refractivity contribution in [2.24, 2.45) is 7.05 Å². The largest absolute Gasteiger partial charge is 0.481 e. The van der Waals surface area contributed by atoms with E-state index in [4.69, 9.17) is 4.74 Å². The molecule has 0 aliphatic carbocycles. The molecular formula is C19H19N5O2. The minimum Gasteiger partial charge on any atom is -0.481 e. The molecule has 7 nitrogen and oxygen atoms in total. The molecule has 1 fully saturated rings. The van der Waals surface area contributed by atoms with Gasteiger partial charge < -0.3 is 9.64 Å². The summed E-state index contributed by atoms with van der Waals surface area (Å²) in [7, 11) is 3.46. The molecule has 3 aromatic rings. The van der Waals surface area contributed by atoms with Crippen LogP contribution in [0.5, 0.6) is 5.88 Å². The van der Waals surface area contributed by atoms with Gasteiger partial charge in [-0.25, -0.2) is 14.6 Å². The van der Waals surface area contributed by atoms with Gasteiger partial charge in [-0.2, -0.15) is 5.10 Å². The smallest absolute Gasteiger partial charge is 0.254 e. The van der Waals surface area contributed by atoms with E-state index in [0.717, 1.165) is 41.4 Å². The summed E-state index contributed by atoms with van der Waals surface area (Å²) in [4.78, 5) is 23.9. The van der Waals surface area contributed by atoms with E-state index < -0.39 is 0 Å². The first-order valence-electron chi connectivity index (χ1n) is 8.79. The van der Waals surface area contributed by atoms with Gasteiger partial charge >= 0.3 is 0 Å². The molecule has 2 aromatic heterocycles.